The van der Waals surface area contributed by atoms with Gasteiger partial charge in [-0.3, -0.25) is 24.7 Å². The summed E-state index contributed by atoms with van der Waals surface area (Å²) in [6.07, 6.45) is -1.47. The summed E-state index contributed by atoms with van der Waals surface area (Å²) in [6.45, 7) is 1.96. The smallest absolute Gasteiger partial charge is 0.327 e. The van der Waals surface area contributed by atoms with Gasteiger partial charge in [0.05, 0.1) is 13.0 Å². The van der Waals surface area contributed by atoms with Crippen molar-refractivity contribution in [3.8, 4) is 11.5 Å². The Labute approximate surface area is 220 Å². The Balaban J connectivity index is 1.80. The number of hydrogen-bond acceptors (Lipinski definition) is 12. The van der Waals surface area contributed by atoms with Crippen LogP contribution < -0.4 is 14.8 Å². The molecule has 0 amide bonds. The van der Waals surface area contributed by atoms with Crippen LogP contribution in [0.2, 0.25) is 0 Å². The monoisotopic (exact) mass is 532 g/mol. The summed E-state index contributed by atoms with van der Waals surface area (Å²) in [4.78, 5) is 41.3. The summed E-state index contributed by atoms with van der Waals surface area (Å²) in [7, 11) is 2.82. The molecule has 1 aliphatic heterocycles. The molecule has 0 aliphatic carbocycles. The first kappa shape index (κ1) is 28.8. The minimum atomic E-state index is -1.58. The van der Waals surface area contributed by atoms with E-state index in [-0.39, 0.29) is 17.2 Å². The number of esters is 3. The van der Waals surface area contributed by atoms with Crippen molar-refractivity contribution in [3.63, 3.8) is 0 Å². The van der Waals surface area contributed by atoms with Gasteiger partial charge in [-0.1, -0.05) is 30.3 Å². The highest BCUT2D eigenvalue weighted by Gasteiger charge is 2.40. The van der Waals surface area contributed by atoms with Crippen LogP contribution in [0.25, 0.3) is 0 Å². The predicted octanol–water partition coefficient (Wildman–Crippen LogP) is 1.30. The fourth-order valence-corrected chi connectivity index (χ4v) is 4.06. The molecule has 3 rings (SSSR count). The molecule has 1 aromatic carbocycles. The first-order valence-corrected chi connectivity index (χ1v) is 11.9. The molecule has 1 aliphatic rings. The number of aliphatic hydroxyl groups is 1. The van der Waals surface area contributed by atoms with Crippen molar-refractivity contribution >= 4 is 17.9 Å². The van der Waals surface area contributed by atoms with Gasteiger partial charge in [-0.25, -0.2) is 0 Å². The highest BCUT2D eigenvalue weighted by Crippen LogP contribution is 2.33. The lowest BCUT2D eigenvalue weighted by molar-refractivity contribution is -0.162. The second-order valence-electron chi connectivity index (χ2n) is 8.52. The molecule has 2 N–H and O–H groups in total. The topological polar surface area (TPSA) is 152 Å². The van der Waals surface area contributed by atoms with E-state index in [9.17, 15) is 19.5 Å². The van der Waals surface area contributed by atoms with E-state index in [2.05, 4.69) is 10.3 Å². The van der Waals surface area contributed by atoms with E-state index in [1.807, 2.05) is 30.3 Å². The van der Waals surface area contributed by atoms with Crippen LogP contribution >= 0.6 is 0 Å². The molecule has 1 fully saturated rings. The highest BCUT2D eigenvalue weighted by atomic mass is 16.7. The summed E-state index contributed by atoms with van der Waals surface area (Å²) >= 11 is 0. The number of carbonyl (C=O) groups excluding carboxylic acids is 3. The molecule has 0 bridgehead atoms. The maximum atomic E-state index is 13.1. The predicted molar refractivity (Wildman–Crippen MR) is 131 cm³/mol. The minimum Gasteiger partial charge on any atom is -0.493 e. The molecular weight excluding hydrogens is 500 g/mol. The molecule has 1 aromatic heterocycles. The van der Waals surface area contributed by atoms with Gasteiger partial charge in [-0.15, -0.1) is 0 Å². The van der Waals surface area contributed by atoms with Crippen molar-refractivity contribution in [1.29, 1.82) is 0 Å². The van der Waals surface area contributed by atoms with Gasteiger partial charge in [-0.2, -0.15) is 0 Å². The van der Waals surface area contributed by atoms with Gasteiger partial charge in [-0.05, 0) is 18.9 Å². The van der Waals surface area contributed by atoms with E-state index in [4.69, 9.17) is 28.4 Å². The van der Waals surface area contributed by atoms with Crippen LogP contribution in [-0.2, 0) is 39.8 Å². The fourth-order valence-electron chi connectivity index (χ4n) is 4.06. The van der Waals surface area contributed by atoms with Crippen LogP contribution in [0.1, 0.15) is 31.3 Å². The van der Waals surface area contributed by atoms with Crippen molar-refractivity contribution in [1.82, 2.24) is 10.3 Å². The Morgan fingerprint density at radius 2 is 1.92 bits per heavy atom. The first-order chi connectivity index (χ1) is 18.2. The second-order valence-corrected chi connectivity index (χ2v) is 8.52. The SMILES string of the molecule is COc1ccnc(C(O)N[C@H]2COC(=O)C(Cc3ccccc3)[C@@H](OC)[C@H](C)OC2=O)c1OCOC(C)=O. The van der Waals surface area contributed by atoms with E-state index in [1.54, 1.807) is 6.92 Å². The number of nitrogens with one attached hydrogen (secondary N) is 1. The number of methoxy groups -OCH3 is 2. The van der Waals surface area contributed by atoms with Gasteiger partial charge in [0.25, 0.3) is 0 Å². The number of pyridine rings is 1. The quantitative estimate of drug-likeness (QED) is 0.258. The lowest BCUT2D eigenvalue weighted by atomic mass is 9.91. The third-order valence-corrected chi connectivity index (χ3v) is 5.91. The minimum absolute atomic E-state index is 0.0135. The number of benzene rings is 1. The highest BCUT2D eigenvalue weighted by molar-refractivity contribution is 5.79. The summed E-state index contributed by atoms with van der Waals surface area (Å²) in [5.74, 6) is -2.46. The number of hydrogen-bond donors (Lipinski definition) is 2. The molecule has 0 saturated carbocycles. The molecule has 38 heavy (non-hydrogen) atoms. The van der Waals surface area contributed by atoms with Crippen LogP contribution in [0.3, 0.4) is 0 Å². The van der Waals surface area contributed by atoms with E-state index >= 15 is 0 Å². The first-order valence-electron chi connectivity index (χ1n) is 11.9. The maximum Gasteiger partial charge on any atom is 0.327 e. The number of aromatic nitrogens is 1. The van der Waals surface area contributed by atoms with Crippen molar-refractivity contribution in [2.24, 2.45) is 5.92 Å². The summed E-state index contributed by atoms with van der Waals surface area (Å²) in [5.41, 5.74) is 0.838. The van der Waals surface area contributed by atoms with E-state index in [0.717, 1.165) is 5.56 Å². The lowest BCUT2D eigenvalue weighted by Crippen LogP contribution is -2.45. The van der Waals surface area contributed by atoms with E-state index in [0.29, 0.717) is 6.42 Å². The molecule has 5 atom stereocenters. The third-order valence-electron chi connectivity index (χ3n) is 5.91. The Hall–Kier alpha value is -3.74. The van der Waals surface area contributed by atoms with Crippen molar-refractivity contribution < 1.29 is 47.9 Å². The summed E-state index contributed by atoms with van der Waals surface area (Å²) in [6, 6.07) is 9.58. The van der Waals surface area contributed by atoms with Gasteiger partial charge in [0.1, 0.15) is 30.6 Å². The molecule has 12 nitrogen and oxygen atoms in total. The van der Waals surface area contributed by atoms with E-state index in [1.165, 1.54) is 33.4 Å². The molecule has 12 heteroatoms. The lowest BCUT2D eigenvalue weighted by Gasteiger charge is -2.28. The van der Waals surface area contributed by atoms with Gasteiger partial charge >= 0.3 is 17.9 Å². The van der Waals surface area contributed by atoms with Gasteiger partial charge in [0.15, 0.2) is 17.7 Å². The molecule has 1 saturated heterocycles. The molecular formula is C26H32N2O10. The van der Waals surface area contributed by atoms with Crippen LogP contribution in [0, 0.1) is 5.92 Å². The summed E-state index contributed by atoms with van der Waals surface area (Å²) < 4.78 is 32.2. The maximum absolute atomic E-state index is 13.1. The normalized spacial score (nSPS) is 22.7. The number of rotatable bonds is 10. The second kappa shape index (κ2) is 13.7. The van der Waals surface area contributed by atoms with Crippen LogP contribution in [-0.4, -0.2) is 73.9 Å². The van der Waals surface area contributed by atoms with Gasteiger partial charge in [0, 0.05) is 26.3 Å². The standard InChI is InChI=1S/C26H32N2O10/c1-15-22(34-4)18(12-17-8-6-5-7-9-17)25(31)35-13-19(26(32)38-15)28-24(30)21-23(37-14-36-16(2)29)20(33-3)10-11-27-21/h5-11,15,18-19,22,24,28,30H,12-14H2,1-4H3/t15-,18?,19-,22-,24?/m0/s1. The Kier molecular flexibility index (Phi) is 10.4. The molecule has 0 spiro atoms. The molecule has 0 radical (unpaired) electrons. The average molecular weight is 533 g/mol. The third kappa shape index (κ3) is 7.40. The number of nitrogens with zero attached hydrogens (tertiary/aromatic N) is 1. The Bertz CT molecular complexity index is 1100. The zero-order chi connectivity index (χ0) is 27.7. The Morgan fingerprint density at radius 1 is 1.18 bits per heavy atom. The van der Waals surface area contributed by atoms with Crippen LogP contribution in [0.5, 0.6) is 11.5 Å². The van der Waals surface area contributed by atoms with Crippen molar-refractivity contribution in [2.45, 2.75) is 44.7 Å². The number of carbonyl (C=O) groups is 3. The van der Waals surface area contributed by atoms with Gasteiger partial charge in [0.2, 0.25) is 6.79 Å². The fraction of sp³-hybridized carbons (Fsp3) is 0.462. The largest absolute Gasteiger partial charge is 0.493 e. The average Bonchev–Trinajstić information content (AvgIpc) is 2.93. The van der Waals surface area contributed by atoms with Crippen LogP contribution in [0.15, 0.2) is 42.6 Å². The molecule has 2 unspecified atom stereocenters. The molecule has 206 valence electrons. The number of cyclic esters (lactones) is 2. The number of aliphatic hydroxyl groups excluding tert-OH is 1. The zero-order valence-electron chi connectivity index (χ0n) is 21.6. The molecule has 2 heterocycles. The van der Waals surface area contributed by atoms with Crippen LogP contribution in [0.4, 0.5) is 0 Å². The van der Waals surface area contributed by atoms with Gasteiger partial charge < -0.3 is 33.5 Å². The number of ether oxygens (including phenoxy) is 6. The molecule has 2 aromatic rings. The summed E-state index contributed by atoms with van der Waals surface area (Å²) in [5, 5.41) is 13.6. The van der Waals surface area contributed by atoms with Crippen molar-refractivity contribution in [3.05, 3.63) is 53.9 Å². The van der Waals surface area contributed by atoms with E-state index < -0.39 is 61.7 Å². The Morgan fingerprint density at radius 3 is 2.58 bits per heavy atom. The van der Waals surface area contributed by atoms with Crippen molar-refractivity contribution in [2.75, 3.05) is 27.6 Å². The zero-order valence-corrected chi connectivity index (χ0v) is 21.6.